The van der Waals surface area contributed by atoms with E-state index in [-0.39, 0.29) is 24.8 Å². The van der Waals surface area contributed by atoms with Crippen LogP contribution in [0.4, 0.5) is 0 Å². The van der Waals surface area contributed by atoms with E-state index < -0.39 is 0 Å². The third-order valence-electron chi connectivity index (χ3n) is 5.19. The third kappa shape index (κ3) is 6.58. The molecular weight excluding hydrogens is 386 g/mol. The van der Waals surface area contributed by atoms with E-state index in [0.29, 0.717) is 17.1 Å². The summed E-state index contributed by atoms with van der Waals surface area (Å²) in [5.41, 5.74) is 2.83. The Morgan fingerprint density at radius 2 is 1.59 bits per heavy atom. The van der Waals surface area contributed by atoms with Gasteiger partial charge in [-0.2, -0.15) is 0 Å². The van der Waals surface area contributed by atoms with Gasteiger partial charge in [0.15, 0.2) is 0 Å². The van der Waals surface area contributed by atoms with Gasteiger partial charge in [-0.05, 0) is 49.2 Å². The van der Waals surface area contributed by atoms with E-state index in [0.717, 1.165) is 25.2 Å². The minimum Gasteiger partial charge on any atom is -0.352 e. The molecule has 0 atom stereocenters. The Morgan fingerprint density at radius 3 is 2.34 bits per heavy atom. The van der Waals surface area contributed by atoms with Gasteiger partial charge in [0.2, 0.25) is 5.91 Å². The zero-order valence-corrected chi connectivity index (χ0v) is 17.4. The lowest BCUT2D eigenvalue weighted by Crippen LogP contribution is -2.31. The van der Waals surface area contributed by atoms with Crippen LogP contribution in [0, 0.1) is 0 Å². The SMILES string of the molecule is O=C(CCNC(=O)c1ccccc1Cl)NCc1ccccc1CN1CCCCC1. The van der Waals surface area contributed by atoms with Crippen LogP contribution in [-0.2, 0) is 17.9 Å². The first-order valence-electron chi connectivity index (χ1n) is 10.2. The zero-order valence-electron chi connectivity index (χ0n) is 16.6. The number of piperidine rings is 1. The molecule has 29 heavy (non-hydrogen) atoms. The molecule has 0 aromatic heterocycles. The summed E-state index contributed by atoms with van der Waals surface area (Å²) in [5, 5.41) is 6.11. The summed E-state index contributed by atoms with van der Waals surface area (Å²) >= 11 is 6.02. The fraction of sp³-hybridized carbons (Fsp3) is 0.391. The molecule has 5 nitrogen and oxygen atoms in total. The maximum atomic E-state index is 12.2. The fourth-order valence-corrected chi connectivity index (χ4v) is 3.78. The van der Waals surface area contributed by atoms with Crippen LogP contribution in [0.5, 0.6) is 0 Å². The highest BCUT2D eigenvalue weighted by Gasteiger charge is 2.13. The Bertz CT molecular complexity index is 834. The Balaban J connectivity index is 1.43. The van der Waals surface area contributed by atoms with Gasteiger partial charge in [-0.25, -0.2) is 0 Å². The largest absolute Gasteiger partial charge is 0.352 e. The molecule has 1 saturated heterocycles. The summed E-state index contributed by atoms with van der Waals surface area (Å²) < 4.78 is 0. The maximum Gasteiger partial charge on any atom is 0.252 e. The fourth-order valence-electron chi connectivity index (χ4n) is 3.55. The van der Waals surface area contributed by atoms with Crippen molar-refractivity contribution in [3.05, 3.63) is 70.2 Å². The van der Waals surface area contributed by atoms with Crippen molar-refractivity contribution in [2.45, 2.75) is 38.8 Å². The van der Waals surface area contributed by atoms with Crippen molar-refractivity contribution in [2.75, 3.05) is 19.6 Å². The highest BCUT2D eigenvalue weighted by atomic mass is 35.5. The minimum atomic E-state index is -0.268. The second kappa shape index (κ2) is 11.0. The van der Waals surface area contributed by atoms with Crippen LogP contribution in [0.1, 0.15) is 47.2 Å². The van der Waals surface area contributed by atoms with E-state index in [9.17, 15) is 9.59 Å². The van der Waals surface area contributed by atoms with Crippen molar-refractivity contribution < 1.29 is 9.59 Å². The van der Waals surface area contributed by atoms with Gasteiger partial charge in [0.25, 0.3) is 5.91 Å². The molecule has 1 aliphatic heterocycles. The maximum absolute atomic E-state index is 12.2. The molecular formula is C23H28ClN3O2. The van der Waals surface area contributed by atoms with Crippen molar-refractivity contribution >= 4 is 23.4 Å². The third-order valence-corrected chi connectivity index (χ3v) is 5.52. The van der Waals surface area contributed by atoms with E-state index in [1.807, 2.05) is 6.07 Å². The van der Waals surface area contributed by atoms with Gasteiger partial charge in [-0.15, -0.1) is 0 Å². The Morgan fingerprint density at radius 1 is 0.897 bits per heavy atom. The summed E-state index contributed by atoms with van der Waals surface area (Å²) in [5.74, 6) is -0.354. The summed E-state index contributed by atoms with van der Waals surface area (Å²) in [4.78, 5) is 26.8. The highest BCUT2D eigenvalue weighted by Crippen LogP contribution is 2.16. The number of amides is 2. The molecule has 2 aromatic rings. The summed E-state index contributed by atoms with van der Waals surface area (Å²) in [6, 6.07) is 15.1. The van der Waals surface area contributed by atoms with Crippen LogP contribution in [0.3, 0.4) is 0 Å². The number of nitrogens with zero attached hydrogens (tertiary/aromatic N) is 1. The van der Waals surface area contributed by atoms with Gasteiger partial charge in [0.1, 0.15) is 0 Å². The predicted octanol–water partition coefficient (Wildman–Crippen LogP) is 3.76. The second-order valence-corrected chi connectivity index (χ2v) is 7.78. The number of hydrogen-bond acceptors (Lipinski definition) is 3. The zero-order chi connectivity index (χ0) is 20.5. The molecule has 0 radical (unpaired) electrons. The molecule has 154 valence electrons. The predicted molar refractivity (Wildman–Crippen MR) is 116 cm³/mol. The monoisotopic (exact) mass is 413 g/mol. The second-order valence-electron chi connectivity index (χ2n) is 7.37. The minimum absolute atomic E-state index is 0.0859. The van der Waals surface area contributed by atoms with Crippen molar-refractivity contribution in [3.8, 4) is 0 Å². The molecule has 3 rings (SSSR count). The molecule has 0 spiro atoms. The van der Waals surface area contributed by atoms with Crippen molar-refractivity contribution in [3.63, 3.8) is 0 Å². The number of halogens is 1. The molecule has 1 aliphatic rings. The average Bonchev–Trinajstić information content (AvgIpc) is 2.74. The Labute approximate surface area is 177 Å². The lowest BCUT2D eigenvalue weighted by atomic mass is 10.0. The van der Waals surface area contributed by atoms with E-state index in [2.05, 4.69) is 33.7 Å². The van der Waals surface area contributed by atoms with Gasteiger partial charge < -0.3 is 10.6 Å². The number of rotatable bonds is 8. The molecule has 2 amide bonds. The smallest absolute Gasteiger partial charge is 0.252 e. The lowest BCUT2D eigenvalue weighted by Gasteiger charge is -2.27. The molecule has 0 saturated carbocycles. The molecule has 2 N–H and O–H groups in total. The van der Waals surface area contributed by atoms with Gasteiger partial charge in [-0.1, -0.05) is 54.4 Å². The van der Waals surface area contributed by atoms with E-state index >= 15 is 0 Å². The molecule has 2 aromatic carbocycles. The Kier molecular flexibility index (Phi) is 8.08. The van der Waals surface area contributed by atoms with Gasteiger partial charge in [0, 0.05) is 26.1 Å². The first-order chi connectivity index (χ1) is 14.1. The van der Waals surface area contributed by atoms with Crippen LogP contribution in [0.15, 0.2) is 48.5 Å². The summed E-state index contributed by atoms with van der Waals surface area (Å²) in [6.07, 6.45) is 4.07. The number of hydrogen-bond donors (Lipinski definition) is 2. The molecule has 1 fully saturated rings. The van der Waals surface area contributed by atoms with Crippen LogP contribution in [0.2, 0.25) is 5.02 Å². The standard InChI is InChI=1S/C23H28ClN3O2/c24-21-11-5-4-10-20(21)23(29)25-13-12-22(28)26-16-18-8-2-3-9-19(18)17-27-14-6-1-7-15-27/h2-5,8-11H,1,6-7,12-17H2,(H,25,29)(H,26,28). The van der Waals surface area contributed by atoms with E-state index in [4.69, 9.17) is 11.6 Å². The molecule has 1 heterocycles. The van der Waals surface area contributed by atoms with Crippen molar-refractivity contribution in [1.29, 1.82) is 0 Å². The topological polar surface area (TPSA) is 61.4 Å². The number of benzene rings is 2. The van der Waals surface area contributed by atoms with Gasteiger partial charge in [-0.3, -0.25) is 14.5 Å². The van der Waals surface area contributed by atoms with Crippen molar-refractivity contribution in [2.24, 2.45) is 0 Å². The normalized spacial score (nSPS) is 14.4. The molecule has 6 heteroatoms. The molecule has 0 unspecified atom stereocenters. The molecule has 0 bridgehead atoms. The summed E-state index contributed by atoms with van der Waals surface area (Å²) in [7, 11) is 0. The summed E-state index contributed by atoms with van der Waals surface area (Å²) in [6.45, 7) is 3.99. The van der Waals surface area contributed by atoms with Gasteiger partial charge >= 0.3 is 0 Å². The van der Waals surface area contributed by atoms with Crippen molar-refractivity contribution in [1.82, 2.24) is 15.5 Å². The van der Waals surface area contributed by atoms with Crippen LogP contribution < -0.4 is 10.6 Å². The Hall–Kier alpha value is -2.37. The van der Waals surface area contributed by atoms with Crippen LogP contribution >= 0.6 is 11.6 Å². The number of carbonyl (C=O) groups is 2. The lowest BCUT2D eigenvalue weighted by molar-refractivity contribution is -0.121. The van der Waals surface area contributed by atoms with E-state index in [1.54, 1.807) is 24.3 Å². The van der Waals surface area contributed by atoms with Crippen LogP contribution in [0.25, 0.3) is 0 Å². The van der Waals surface area contributed by atoms with Crippen LogP contribution in [-0.4, -0.2) is 36.3 Å². The first-order valence-corrected chi connectivity index (χ1v) is 10.6. The highest BCUT2D eigenvalue weighted by molar-refractivity contribution is 6.33. The number of likely N-dealkylation sites (tertiary alicyclic amines) is 1. The molecule has 0 aliphatic carbocycles. The van der Waals surface area contributed by atoms with Gasteiger partial charge in [0.05, 0.1) is 10.6 Å². The average molecular weight is 414 g/mol. The number of carbonyl (C=O) groups excluding carboxylic acids is 2. The first kappa shape index (κ1) is 21.3. The number of nitrogens with one attached hydrogen (secondary N) is 2. The quantitative estimate of drug-likeness (QED) is 0.692. The van der Waals surface area contributed by atoms with E-state index in [1.165, 1.54) is 24.8 Å².